The van der Waals surface area contributed by atoms with Crippen molar-refractivity contribution in [3.8, 4) is 0 Å². The van der Waals surface area contributed by atoms with Crippen molar-refractivity contribution in [3.05, 3.63) is 279 Å². The highest BCUT2D eigenvalue weighted by Crippen LogP contribution is 2.69. The van der Waals surface area contributed by atoms with Crippen LogP contribution < -0.4 is 0 Å². The molecule has 0 aliphatic heterocycles. The lowest BCUT2D eigenvalue weighted by Crippen LogP contribution is -2.50. The second-order valence-corrected chi connectivity index (χ2v) is 20.2. The molecular weight excluding hydrogens is 841 g/mol. The summed E-state index contributed by atoms with van der Waals surface area (Å²) in [5.41, 5.74) is 14.9. The predicted octanol–water partition coefficient (Wildman–Crippen LogP) is 9.59. The molecule has 6 aromatic carbocycles. The summed E-state index contributed by atoms with van der Waals surface area (Å²) in [4.78, 5) is 95.7. The van der Waals surface area contributed by atoms with Gasteiger partial charge in [-0.15, -0.1) is 0 Å². The number of rotatable bonds is 0. The van der Waals surface area contributed by atoms with E-state index in [1.807, 2.05) is 97.1 Å². The Balaban J connectivity index is 0.860. The van der Waals surface area contributed by atoms with E-state index in [-0.39, 0.29) is 57.0 Å². The Bertz CT molecular complexity index is 3370. The van der Waals surface area contributed by atoms with Gasteiger partial charge in [0.25, 0.3) is 0 Å². The van der Waals surface area contributed by atoms with Gasteiger partial charge in [-0.05, 0) is 66.8 Å². The molecule has 0 fully saturated rings. The number of Topliss-reactive ketones (excluding diaryl/α,β-unsaturated/α-hetero) is 6. The third-order valence-electron chi connectivity index (χ3n) is 17.8. The normalized spacial score (nSPS) is 28.4. The quantitative estimate of drug-likeness (QED) is 0.141. The van der Waals surface area contributed by atoms with E-state index in [1.54, 1.807) is 0 Å². The molecule has 0 N–H and O–H groups in total. The zero-order chi connectivity index (χ0) is 44.9. The van der Waals surface area contributed by atoms with Crippen LogP contribution in [0.2, 0.25) is 0 Å². The summed E-state index contributed by atoms with van der Waals surface area (Å²) >= 11 is 0. The van der Waals surface area contributed by atoms with Gasteiger partial charge in [0.2, 0.25) is 0 Å². The van der Waals surface area contributed by atoms with Crippen molar-refractivity contribution in [1.82, 2.24) is 0 Å². The molecule has 68 heavy (non-hydrogen) atoms. The van der Waals surface area contributed by atoms with Gasteiger partial charge in [-0.25, -0.2) is 0 Å². The van der Waals surface area contributed by atoms with Crippen LogP contribution in [0.25, 0.3) is 0 Å². The van der Waals surface area contributed by atoms with Crippen LogP contribution in [-0.2, 0) is 28.8 Å². The minimum Gasteiger partial charge on any atom is -0.289 e. The zero-order valence-corrected chi connectivity index (χ0v) is 35.9. The van der Waals surface area contributed by atoms with Crippen LogP contribution in [0.3, 0.4) is 0 Å². The summed E-state index contributed by atoms with van der Waals surface area (Å²) in [5.74, 6) is -7.52. The Morgan fingerprint density at radius 3 is 0.397 bits per heavy atom. The number of hydrogen-bond acceptors (Lipinski definition) is 6. The highest BCUT2D eigenvalue weighted by molar-refractivity contribution is 6.38. The third-order valence-corrected chi connectivity index (χ3v) is 17.8. The van der Waals surface area contributed by atoms with Gasteiger partial charge in [-0.1, -0.05) is 146 Å². The number of benzene rings is 6. The highest BCUT2D eigenvalue weighted by atomic mass is 16.2. The predicted molar refractivity (Wildman–Crippen MR) is 249 cm³/mol. The maximum atomic E-state index is 16.2. The maximum absolute atomic E-state index is 16.2. The Kier molecular flexibility index (Phi) is 6.16. The maximum Gasteiger partial charge on any atom is 0.187 e. The molecular formula is C62H32O6. The minimum absolute atomic E-state index is 0.226. The van der Waals surface area contributed by atoms with Crippen molar-refractivity contribution >= 4 is 34.7 Å². The van der Waals surface area contributed by atoms with E-state index in [9.17, 15) is 0 Å². The lowest BCUT2D eigenvalue weighted by atomic mass is 9.47. The fourth-order valence-corrected chi connectivity index (χ4v) is 15.7. The van der Waals surface area contributed by atoms with E-state index in [0.717, 1.165) is 66.8 Å². The topological polar surface area (TPSA) is 102 Å². The van der Waals surface area contributed by atoms with Gasteiger partial charge in [0.15, 0.2) is 34.7 Å². The summed E-state index contributed by atoms with van der Waals surface area (Å²) in [6, 6.07) is 47.5. The zero-order valence-electron chi connectivity index (χ0n) is 35.9. The van der Waals surface area contributed by atoms with Crippen LogP contribution in [0.4, 0.5) is 0 Å². The van der Waals surface area contributed by atoms with Crippen molar-refractivity contribution < 1.29 is 28.8 Å². The Morgan fingerprint density at radius 2 is 0.265 bits per heavy atom. The smallest absolute Gasteiger partial charge is 0.187 e. The number of carbonyl (C=O) groups excluding carboxylic acids is 6. The van der Waals surface area contributed by atoms with E-state index in [0.29, 0.717) is 44.6 Å². The average molecular weight is 873 g/mol. The first-order valence-corrected chi connectivity index (χ1v) is 23.6. The van der Waals surface area contributed by atoms with Gasteiger partial charge in [0.1, 0.15) is 0 Å². The lowest BCUT2D eigenvalue weighted by molar-refractivity contribution is -0.120. The van der Waals surface area contributed by atoms with Gasteiger partial charge >= 0.3 is 0 Å². The van der Waals surface area contributed by atoms with Crippen LogP contribution >= 0.6 is 0 Å². The van der Waals surface area contributed by atoms with Gasteiger partial charge in [0, 0.05) is 114 Å². The molecule has 0 saturated carbocycles. The first kappa shape index (κ1) is 36.0. The van der Waals surface area contributed by atoms with Gasteiger partial charge in [0.05, 0.1) is 0 Å². The first-order chi connectivity index (χ1) is 33.4. The highest BCUT2D eigenvalue weighted by Gasteiger charge is 2.64. The second-order valence-electron chi connectivity index (χ2n) is 20.2. The SMILES string of the molecule is O=C1C2=C(C(=O)C3=C1C1C4=C(C(=O)C5=C(C4=O)C4c6ccccc6C5c5ccccc54)C3c3ccccc31)C1C3=C(C(=O)C4=C(C3=O)C3c5ccccc5C4c4ccccc43)C2c2ccccc21. The second kappa shape index (κ2) is 11.7. The third kappa shape index (κ3) is 3.65. The Hall–Kier alpha value is -8.22. The molecule has 0 amide bonds. The molecule has 316 valence electrons. The van der Waals surface area contributed by atoms with E-state index in [4.69, 9.17) is 0 Å². The van der Waals surface area contributed by atoms with E-state index in [2.05, 4.69) is 48.5 Å². The molecule has 0 heterocycles. The number of hydrogen-bond donors (Lipinski definition) is 0. The van der Waals surface area contributed by atoms with Gasteiger partial charge < -0.3 is 0 Å². The molecule has 6 nitrogen and oxygen atoms in total. The standard InChI is InChI=1S/C62H32O6/c63-57-45-37-25-13-1-2-14-26(25)38(28-16-4-3-15-27(28)37)46(45)58(64)50-42-34-22-10-9-21-33(34)41(49(50)57)53-54(42)62(68)56-44-36-24-12-11-23-35(36)43(55(56)61(53)67)51-52(44)60(66)48-40-31-19-7-5-17-29(31)39(47(48)59(51)65)30-18-6-8-20-32(30)40/h1-24,37-44H. The average Bonchev–Trinajstić information content (AvgIpc) is 3.39. The van der Waals surface area contributed by atoms with Gasteiger partial charge in [-0.2, -0.15) is 0 Å². The first-order valence-electron chi connectivity index (χ1n) is 23.6. The number of ketones is 6. The molecule has 0 spiro atoms. The largest absolute Gasteiger partial charge is 0.289 e. The molecule has 0 aromatic heterocycles. The molecule has 15 aliphatic carbocycles. The van der Waals surface area contributed by atoms with E-state index in [1.165, 1.54) is 0 Å². The molecule has 6 aromatic rings. The van der Waals surface area contributed by atoms with Crippen molar-refractivity contribution in [1.29, 1.82) is 0 Å². The number of allylic oxidation sites excluding steroid dienone is 12. The molecule has 0 saturated heterocycles. The van der Waals surface area contributed by atoms with Crippen molar-refractivity contribution in [2.75, 3.05) is 0 Å². The molecule has 8 bridgehead atoms. The summed E-state index contributed by atoms with van der Waals surface area (Å²) in [6.07, 6.45) is 0. The van der Waals surface area contributed by atoms with Crippen LogP contribution in [-0.4, -0.2) is 34.7 Å². The van der Waals surface area contributed by atoms with E-state index >= 15 is 28.8 Å². The summed E-state index contributed by atoms with van der Waals surface area (Å²) < 4.78 is 0. The van der Waals surface area contributed by atoms with Gasteiger partial charge in [-0.3, -0.25) is 28.8 Å². The summed E-state index contributed by atoms with van der Waals surface area (Å²) in [5, 5.41) is 0. The minimum atomic E-state index is -0.979. The van der Waals surface area contributed by atoms with Crippen LogP contribution in [0.1, 0.15) is 114 Å². The lowest BCUT2D eigenvalue weighted by Gasteiger charge is -2.53. The molecule has 15 aliphatic rings. The molecule has 21 rings (SSSR count). The van der Waals surface area contributed by atoms with Crippen LogP contribution in [0.15, 0.2) is 212 Å². The van der Waals surface area contributed by atoms with E-state index < -0.39 is 47.3 Å². The van der Waals surface area contributed by atoms with Crippen molar-refractivity contribution in [3.63, 3.8) is 0 Å². The molecule has 4 unspecified atom stereocenters. The molecule has 6 heteroatoms. The Labute approximate surface area is 388 Å². The fourth-order valence-electron chi connectivity index (χ4n) is 15.7. The van der Waals surface area contributed by atoms with Crippen molar-refractivity contribution in [2.24, 2.45) is 0 Å². The monoisotopic (exact) mass is 872 g/mol. The summed E-state index contributed by atoms with van der Waals surface area (Å²) in [7, 11) is 0. The molecule has 4 atom stereocenters. The van der Waals surface area contributed by atoms with Crippen LogP contribution in [0.5, 0.6) is 0 Å². The Morgan fingerprint density at radius 1 is 0.162 bits per heavy atom. The number of carbonyl (C=O) groups is 6. The summed E-state index contributed by atoms with van der Waals surface area (Å²) in [6.45, 7) is 0. The fraction of sp³-hybridized carbons (Fsp3) is 0.129. The van der Waals surface area contributed by atoms with Crippen molar-refractivity contribution in [2.45, 2.75) is 47.3 Å². The van der Waals surface area contributed by atoms with Crippen LogP contribution in [0, 0.1) is 0 Å². The molecule has 0 radical (unpaired) electrons.